The number of sulfonamides is 1. The maximum Gasteiger partial charge on any atom is 0.244 e. The summed E-state index contributed by atoms with van der Waals surface area (Å²) < 4.78 is 25.3. The Labute approximate surface area is 188 Å². The molecule has 0 radical (unpaired) electrons. The van der Waals surface area contributed by atoms with E-state index in [0.29, 0.717) is 5.03 Å². The number of hydrogen-bond acceptors (Lipinski definition) is 7. The molecular formula is C21H29N5O3S2. The third-order valence-electron chi connectivity index (χ3n) is 5.17. The lowest BCUT2D eigenvalue weighted by Gasteiger charge is -2.35. The summed E-state index contributed by atoms with van der Waals surface area (Å²) in [6.07, 6.45) is 1.31. The van der Waals surface area contributed by atoms with Crippen molar-refractivity contribution in [3.63, 3.8) is 0 Å². The van der Waals surface area contributed by atoms with E-state index < -0.39 is 10.0 Å². The fourth-order valence-corrected chi connectivity index (χ4v) is 4.72. The number of likely N-dealkylation sites (N-methyl/N-ethyl adjacent to an activating group) is 1. The summed E-state index contributed by atoms with van der Waals surface area (Å²) in [4.78, 5) is 21.4. The van der Waals surface area contributed by atoms with E-state index in [2.05, 4.69) is 27.0 Å². The van der Waals surface area contributed by atoms with E-state index in [-0.39, 0.29) is 16.6 Å². The molecule has 1 aliphatic rings. The minimum Gasteiger partial charge on any atom is -0.369 e. The SMILES string of the molecule is CCN1CCN(c2ccc(NC(=O)CSc3ccc(S(=O)(=O)N(C)C)cn3)cc2)CC1. The second kappa shape index (κ2) is 10.4. The van der Waals surface area contributed by atoms with Gasteiger partial charge in [0.25, 0.3) is 0 Å². The average Bonchev–Trinajstić information content (AvgIpc) is 2.78. The zero-order valence-electron chi connectivity index (χ0n) is 18.1. The third kappa shape index (κ3) is 6.19. The van der Waals surface area contributed by atoms with Gasteiger partial charge in [-0.05, 0) is 42.9 Å². The summed E-state index contributed by atoms with van der Waals surface area (Å²) in [6.45, 7) is 7.44. The van der Waals surface area contributed by atoms with E-state index in [0.717, 1.165) is 42.7 Å². The number of carbonyl (C=O) groups is 1. The van der Waals surface area contributed by atoms with Gasteiger partial charge >= 0.3 is 0 Å². The molecule has 8 nitrogen and oxygen atoms in total. The van der Waals surface area contributed by atoms with Crippen molar-refractivity contribution in [1.82, 2.24) is 14.2 Å². The number of amides is 1. The van der Waals surface area contributed by atoms with Crippen LogP contribution in [0.25, 0.3) is 0 Å². The van der Waals surface area contributed by atoms with Gasteiger partial charge in [-0.2, -0.15) is 0 Å². The van der Waals surface area contributed by atoms with Gasteiger partial charge in [0.1, 0.15) is 4.90 Å². The number of carbonyl (C=O) groups excluding carboxylic acids is 1. The van der Waals surface area contributed by atoms with Gasteiger partial charge in [0.05, 0.1) is 10.8 Å². The predicted molar refractivity (Wildman–Crippen MR) is 125 cm³/mol. The van der Waals surface area contributed by atoms with Crippen LogP contribution in [0.5, 0.6) is 0 Å². The predicted octanol–water partition coefficient (Wildman–Crippen LogP) is 2.20. The fourth-order valence-electron chi connectivity index (χ4n) is 3.23. The summed E-state index contributed by atoms with van der Waals surface area (Å²) in [5.41, 5.74) is 1.92. The maximum atomic E-state index is 12.3. The van der Waals surface area contributed by atoms with Crippen LogP contribution in [0.3, 0.4) is 0 Å². The molecule has 10 heteroatoms. The summed E-state index contributed by atoms with van der Waals surface area (Å²) in [7, 11) is -0.558. The summed E-state index contributed by atoms with van der Waals surface area (Å²) in [6, 6.07) is 11.0. The number of aromatic nitrogens is 1. The standard InChI is InChI=1S/C21H29N5O3S2/c1-4-25-11-13-26(14-12-25)18-7-5-17(6-8-18)23-20(27)16-30-21-10-9-19(15-22-21)31(28,29)24(2)3/h5-10,15H,4,11-14,16H2,1-3H3,(H,23,27). The van der Waals surface area contributed by atoms with Gasteiger partial charge in [-0.1, -0.05) is 18.7 Å². The van der Waals surface area contributed by atoms with Crippen molar-refractivity contribution in [2.45, 2.75) is 16.8 Å². The average molecular weight is 464 g/mol. The van der Waals surface area contributed by atoms with Crippen molar-refractivity contribution in [2.75, 3.05) is 62.8 Å². The zero-order chi connectivity index (χ0) is 22.4. The molecule has 1 aromatic carbocycles. The Balaban J connectivity index is 1.49. The van der Waals surface area contributed by atoms with Crippen LogP contribution in [-0.4, -0.2) is 81.1 Å². The highest BCUT2D eigenvalue weighted by Gasteiger charge is 2.18. The monoisotopic (exact) mass is 463 g/mol. The molecule has 0 atom stereocenters. The fraction of sp³-hybridized carbons (Fsp3) is 0.429. The first-order chi connectivity index (χ1) is 14.8. The Bertz CT molecular complexity index is 971. The first-order valence-electron chi connectivity index (χ1n) is 10.2. The Morgan fingerprint density at radius 3 is 2.32 bits per heavy atom. The molecule has 0 unspecified atom stereocenters. The number of anilines is 2. The molecule has 1 amide bonds. The summed E-state index contributed by atoms with van der Waals surface area (Å²) >= 11 is 1.26. The van der Waals surface area contributed by atoms with Crippen LogP contribution in [0, 0.1) is 0 Å². The molecule has 1 N–H and O–H groups in total. The van der Waals surface area contributed by atoms with Crippen LogP contribution in [0.2, 0.25) is 0 Å². The molecule has 0 bridgehead atoms. The Morgan fingerprint density at radius 1 is 1.10 bits per heavy atom. The van der Waals surface area contributed by atoms with Crippen molar-refractivity contribution in [3.8, 4) is 0 Å². The van der Waals surface area contributed by atoms with E-state index >= 15 is 0 Å². The van der Waals surface area contributed by atoms with Gasteiger partial charge < -0.3 is 15.1 Å². The molecule has 1 saturated heterocycles. The van der Waals surface area contributed by atoms with Gasteiger partial charge in [-0.15, -0.1) is 0 Å². The summed E-state index contributed by atoms with van der Waals surface area (Å²) in [5, 5.41) is 3.48. The second-order valence-corrected chi connectivity index (χ2v) is 10.6. The molecule has 168 valence electrons. The molecule has 0 saturated carbocycles. The molecule has 3 rings (SSSR count). The lowest BCUT2D eigenvalue weighted by Crippen LogP contribution is -2.46. The highest BCUT2D eigenvalue weighted by Crippen LogP contribution is 2.21. The minimum atomic E-state index is -3.51. The number of nitrogens with zero attached hydrogens (tertiary/aromatic N) is 4. The van der Waals surface area contributed by atoms with E-state index in [1.54, 1.807) is 6.07 Å². The van der Waals surface area contributed by atoms with Crippen LogP contribution in [0.4, 0.5) is 11.4 Å². The minimum absolute atomic E-state index is 0.127. The maximum absolute atomic E-state index is 12.3. The smallest absolute Gasteiger partial charge is 0.244 e. The number of pyridine rings is 1. The molecule has 0 aliphatic carbocycles. The Morgan fingerprint density at radius 2 is 1.77 bits per heavy atom. The number of rotatable bonds is 8. The molecule has 1 aliphatic heterocycles. The van der Waals surface area contributed by atoms with Crippen molar-refractivity contribution in [1.29, 1.82) is 0 Å². The molecule has 0 spiro atoms. The van der Waals surface area contributed by atoms with E-state index in [1.807, 2.05) is 24.3 Å². The molecule has 2 aromatic rings. The highest BCUT2D eigenvalue weighted by atomic mass is 32.2. The molecule has 2 heterocycles. The van der Waals surface area contributed by atoms with Gasteiger partial charge in [-0.3, -0.25) is 4.79 Å². The number of piperazine rings is 1. The molecule has 1 fully saturated rings. The normalized spacial score (nSPS) is 15.3. The topological polar surface area (TPSA) is 85.8 Å². The molecule has 1 aromatic heterocycles. The van der Waals surface area contributed by atoms with Crippen molar-refractivity contribution < 1.29 is 13.2 Å². The lowest BCUT2D eigenvalue weighted by molar-refractivity contribution is -0.113. The molecule has 31 heavy (non-hydrogen) atoms. The first kappa shape index (κ1) is 23.5. The van der Waals surface area contributed by atoms with E-state index in [1.165, 1.54) is 43.8 Å². The third-order valence-corrected chi connectivity index (χ3v) is 7.92. The lowest BCUT2D eigenvalue weighted by atomic mass is 10.2. The van der Waals surface area contributed by atoms with Crippen molar-refractivity contribution in [3.05, 3.63) is 42.6 Å². The summed E-state index contributed by atoms with van der Waals surface area (Å²) in [5.74, 6) is 0.0501. The second-order valence-electron chi connectivity index (χ2n) is 7.42. The van der Waals surface area contributed by atoms with Crippen LogP contribution in [0.1, 0.15) is 6.92 Å². The number of thioether (sulfide) groups is 1. The van der Waals surface area contributed by atoms with Crippen molar-refractivity contribution >= 4 is 39.1 Å². The van der Waals surface area contributed by atoms with Gasteiger partial charge in [0.15, 0.2) is 0 Å². The van der Waals surface area contributed by atoms with E-state index in [9.17, 15) is 13.2 Å². The number of benzene rings is 1. The van der Waals surface area contributed by atoms with E-state index in [4.69, 9.17) is 0 Å². The van der Waals surface area contributed by atoms with Gasteiger partial charge in [0, 0.05) is 57.8 Å². The quantitative estimate of drug-likeness (QED) is 0.601. The zero-order valence-corrected chi connectivity index (χ0v) is 19.7. The number of hydrogen-bond donors (Lipinski definition) is 1. The van der Waals surface area contributed by atoms with Gasteiger partial charge in [0.2, 0.25) is 15.9 Å². The first-order valence-corrected chi connectivity index (χ1v) is 12.6. The van der Waals surface area contributed by atoms with Crippen LogP contribution in [-0.2, 0) is 14.8 Å². The Hall–Kier alpha value is -2.14. The van der Waals surface area contributed by atoms with Crippen LogP contribution in [0.15, 0.2) is 52.5 Å². The number of nitrogens with one attached hydrogen (secondary N) is 1. The van der Waals surface area contributed by atoms with Crippen LogP contribution < -0.4 is 10.2 Å². The van der Waals surface area contributed by atoms with Crippen LogP contribution >= 0.6 is 11.8 Å². The molecular weight excluding hydrogens is 434 g/mol. The van der Waals surface area contributed by atoms with Crippen molar-refractivity contribution in [2.24, 2.45) is 0 Å². The largest absolute Gasteiger partial charge is 0.369 e. The van der Waals surface area contributed by atoms with Gasteiger partial charge in [-0.25, -0.2) is 17.7 Å². The highest BCUT2D eigenvalue weighted by molar-refractivity contribution is 7.99. The Kier molecular flexibility index (Phi) is 7.93.